The van der Waals surface area contributed by atoms with Gasteiger partial charge < -0.3 is 9.84 Å². The zero-order valence-corrected chi connectivity index (χ0v) is 13.3. The van der Waals surface area contributed by atoms with Crippen LogP contribution in [0.15, 0.2) is 28.8 Å². The van der Waals surface area contributed by atoms with Gasteiger partial charge in [0.25, 0.3) is 5.91 Å². The third-order valence-electron chi connectivity index (χ3n) is 4.11. The van der Waals surface area contributed by atoms with Gasteiger partial charge in [-0.15, -0.1) is 0 Å². The van der Waals surface area contributed by atoms with Crippen LogP contribution in [0.3, 0.4) is 0 Å². The predicted octanol–water partition coefficient (Wildman–Crippen LogP) is 3.43. The van der Waals surface area contributed by atoms with Crippen molar-refractivity contribution in [3.8, 4) is 0 Å². The maximum Gasteiger partial charge on any atom is 0.273 e. The summed E-state index contributed by atoms with van der Waals surface area (Å²) < 4.78 is 5.31. The van der Waals surface area contributed by atoms with E-state index in [0.717, 1.165) is 47.6 Å². The van der Waals surface area contributed by atoms with Crippen LogP contribution in [0.4, 0.5) is 0 Å². The lowest BCUT2D eigenvalue weighted by Gasteiger charge is -2.16. The van der Waals surface area contributed by atoms with Gasteiger partial charge in [0.2, 0.25) is 0 Å². The van der Waals surface area contributed by atoms with E-state index in [-0.39, 0.29) is 5.91 Å². The molecule has 4 nitrogen and oxygen atoms in total. The smallest absolute Gasteiger partial charge is 0.273 e. The number of hydrogen-bond donors (Lipinski definition) is 1. The molecule has 1 unspecified atom stereocenters. The minimum Gasteiger partial charge on any atom is -0.360 e. The number of amides is 1. The minimum absolute atomic E-state index is 0.145. The van der Waals surface area contributed by atoms with Gasteiger partial charge in [-0.2, -0.15) is 0 Å². The predicted molar refractivity (Wildman–Crippen MR) is 85.2 cm³/mol. The molecule has 0 saturated carbocycles. The highest BCUT2D eigenvalue weighted by atomic mass is 35.5. The lowest BCUT2D eigenvalue weighted by Crippen LogP contribution is -2.27. The van der Waals surface area contributed by atoms with Crippen LogP contribution >= 0.6 is 11.6 Å². The zero-order chi connectivity index (χ0) is 15.5. The van der Waals surface area contributed by atoms with Crippen LogP contribution in [0.2, 0.25) is 5.02 Å². The second-order valence-electron chi connectivity index (χ2n) is 5.91. The molecule has 0 aliphatic heterocycles. The Labute approximate surface area is 134 Å². The van der Waals surface area contributed by atoms with Gasteiger partial charge in [-0.1, -0.05) is 35.8 Å². The number of nitrogens with zero attached hydrogens (tertiary/aromatic N) is 1. The third kappa shape index (κ3) is 3.33. The molecule has 0 radical (unpaired) electrons. The molecule has 2 aromatic rings. The highest BCUT2D eigenvalue weighted by Gasteiger charge is 2.26. The number of hydrogen-bond acceptors (Lipinski definition) is 3. The Morgan fingerprint density at radius 3 is 2.95 bits per heavy atom. The van der Waals surface area contributed by atoms with Crippen molar-refractivity contribution in [1.82, 2.24) is 10.5 Å². The van der Waals surface area contributed by atoms with Crippen molar-refractivity contribution in [2.75, 3.05) is 6.54 Å². The highest BCUT2D eigenvalue weighted by Crippen LogP contribution is 2.27. The standard InChI is InChI=1S/C17H19ClN2O2/c1-11-2-7-15-14(10-11)16(20-22-15)17(21)19-9-8-12-3-5-13(18)6-4-12/h3-6,11H,2,7-10H2,1H3,(H,19,21). The molecule has 1 N–H and O–H groups in total. The van der Waals surface area contributed by atoms with Crippen LogP contribution in [-0.2, 0) is 19.3 Å². The second kappa shape index (κ2) is 6.53. The molecule has 1 atom stereocenters. The number of benzene rings is 1. The number of fused-ring (bicyclic) bond motifs is 1. The van der Waals surface area contributed by atoms with E-state index in [0.29, 0.717) is 18.2 Å². The Bertz CT molecular complexity index is 664. The Morgan fingerprint density at radius 2 is 2.18 bits per heavy atom. The van der Waals surface area contributed by atoms with Crippen LogP contribution in [-0.4, -0.2) is 17.6 Å². The number of carbonyl (C=O) groups is 1. The monoisotopic (exact) mass is 318 g/mol. The lowest BCUT2D eigenvalue weighted by molar-refractivity contribution is 0.0944. The molecular weight excluding hydrogens is 300 g/mol. The van der Waals surface area contributed by atoms with Gasteiger partial charge in [0.05, 0.1) is 0 Å². The summed E-state index contributed by atoms with van der Waals surface area (Å²) in [4.78, 5) is 12.3. The molecule has 3 rings (SSSR count). The van der Waals surface area contributed by atoms with Gasteiger partial charge in [-0.25, -0.2) is 0 Å². The highest BCUT2D eigenvalue weighted by molar-refractivity contribution is 6.30. The number of rotatable bonds is 4. The maximum absolute atomic E-state index is 12.3. The van der Waals surface area contributed by atoms with E-state index in [2.05, 4.69) is 17.4 Å². The minimum atomic E-state index is -0.145. The molecule has 0 spiro atoms. The summed E-state index contributed by atoms with van der Waals surface area (Å²) in [6.07, 6.45) is 3.61. The topological polar surface area (TPSA) is 55.1 Å². The van der Waals surface area contributed by atoms with Crippen molar-refractivity contribution in [3.63, 3.8) is 0 Å². The summed E-state index contributed by atoms with van der Waals surface area (Å²) in [7, 11) is 0. The molecule has 1 aliphatic rings. The average Bonchev–Trinajstić information content (AvgIpc) is 2.92. The van der Waals surface area contributed by atoms with Crippen LogP contribution < -0.4 is 5.32 Å². The SMILES string of the molecule is CC1CCc2onc(C(=O)NCCc3ccc(Cl)cc3)c2C1. The number of carbonyl (C=O) groups excluding carboxylic acids is 1. The van der Waals surface area contributed by atoms with Crippen molar-refractivity contribution in [1.29, 1.82) is 0 Å². The second-order valence-corrected chi connectivity index (χ2v) is 6.35. The quantitative estimate of drug-likeness (QED) is 0.939. The van der Waals surface area contributed by atoms with E-state index in [1.54, 1.807) is 0 Å². The number of aromatic nitrogens is 1. The van der Waals surface area contributed by atoms with Gasteiger partial charge >= 0.3 is 0 Å². The first-order valence-corrected chi connectivity index (χ1v) is 8.01. The molecule has 22 heavy (non-hydrogen) atoms. The van der Waals surface area contributed by atoms with E-state index in [9.17, 15) is 4.79 Å². The van der Waals surface area contributed by atoms with Crippen LogP contribution in [0.5, 0.6) is 0 Å². The summed E-state index contributed by atoms with van der Waals surface area (Å²) >= 11 is 5.85. The Balaban J connectivity index is 1.58. The van der Waals surface area contributed by atoms with Crippen molar-refractivity contribution in [2.45, 2.75) is 32.6 Å². The third-order valence-corrected chi connectivity index (χ3v) is 4.37. The van der Waals surface area contributed by atoms with Crippen molar-refractivity contribution < 1.29 is 9.32 Å². The zero-order valence-electron chi connectivity index (χ0n) is 12.6. The van der Waals surface area contributed by atoms with Crippen LogP contribution in [0.25, 0.3) is 0 Å². The summed E-state index contributed by atoms with van der Waals surface area (Å²) in [5.41, 5.74) is 2.58. The number of nitrogens with one attached hydrogen (secondary N) is 1. The van der Waals surface area contributed by atoms with E-state index >= 15 is 0 Å². The molecule has 1 heterocycles. The fraction of sp³-hybridized carbons (Fsp3) is 0.412. The van der Waals surface area contributed by atoms with E-state index in [1.165, 1.54) is 0 Å². The fourth-order valence-electron chi connectivity index (χ4n) is 2.81. The maximum atomic E-state index is 12.3. The Hall–Kier alpha value is -1.81. The van der Waals surface area contributed by atoms with Crippen LogP contribution in [0, 0.1) is 5.92 Å². The summed E-state index contributed by atoms with van der Waals surface area (Å²) in [5.74, 6) is 1.31. The van der Waals surface area contributed by atoms with Crippen molar-refractivity contribution >= 4 is 17.5 Å². The number of aryl methyl sites for hydroxylation is 1. The molecule has 116 valence electrons. The first kappa shape index (κ1) is 15.1. The summed E-state index contributed by atoms with van der Waals surface area (Å²) in [6, 6.07) is 7.64. The molecule has 5 heteroatoms. The van der Waals surface area contributed by atoms with Gasteiger partial charge in [0.1, 0.15) is 5.76 Å². The molecule has 1 aromatic heterocycles. The molecule has 0 fully saturated rings. The summed E-state index contributed by atoms with van der Waals surface area (Å²) in [5, 5.41) is 7.60. The number of halogens is 1. The molecule has 1 aliphatic carbocycles. The van der Waals surface area contributed by atoms with Gasteiger partial charge in [-0.05, 0) is 42.9 Å². The Kier molecular flexibility index (Phi) is 4.48. The molecule has 0 saturated heterocycles. The molecular formula is C17H19ClN2O2. The fourth-order valence-corrected chi connectivity index (χ4v) is 2.94. The van der Waals surface area contributed by atoms with Crippen LogP contribution in [0.1, 0.15) is 40.7 Å². The van der Waals surface area contributed by atoms with E-state index < -0.39 is 0 Å². The van der Waals surface area contributed by atoms with E-state index in [1.807, 2.05) is 24.3 Å². The van der Waals surface area contributed by atoms with E-state index in [4.69, 9.17) is 16.1 Å². The molecule has 0 bridgehead atoms. The van der Waals surface area contributed by atoms with Gasteiger partial charge in [-0.3, -0.25) is 4.79 Å². The largest absolute Gasteiger partial charge is 0.360 e. The lowest BCUT2D eigenvalue weighted by atomic mass is 9.88. The first-order chi connectivity index (χ1) is 10.6. The van der Waals surface area contributed by atoms with Crippen molar-refractivity contribution in [3.05, 3.63) is 51.9 Å². The van der Waals surface area contributed by atoms with Crippen molar-refractivity contribution in [2.24, 2.45) is 5.92 Å². The average molecular weight is 319 g/mol. The van der Waals surface area contributed by atoms with Gasteiger partial charge in [0, 0.05) is 23.6 Å². The Morgan fingerprint density at radius 1 is 1.41 bits per heavy atom. The molecule has 1 aromatic carbocycles. The first-order valence-electron chi connectivity index (χ1n) is 7.63. The normalized spacial score (nSPS) is 17.1. The molecule has 1 amide bonds. The summed E-state index contributed by atoms with van der Waals surface area (Å²) in [6.45, 7) is 2.76. The van der Waals surface area contributed by atoms with Gasteiger partial charge in [0.15, 0.2) is 5.69 Å².